The van der Waals surface area contributed by atoms with E-state index in [1.807, 2.05) is 13.8 Å². The standard InChI is InChI=1S/C14H18N4O2S/c1-9-7-12(10(2)20-9)14(19)16-11-3-5-18(6-4-11)13-8-15-21-17-13/h7-8,11H,3-6H2,1-2H3,(H,16,19). The van der Waals surface area contributed by atoms with Crippen molar-refractivity contribution >= 4 is 23.5 Å². The number of rotatable bonds is 3. The van der Waals surface area contributed by atoms with Gasteiger partial charge < -0.3 is 14.6 Å². The molecule has 0 unspecified atom stereocenters. The zero-order valence-corrected chi connectivity index (χ0v) is 12.9. The second kappa shape index (κ2) is 5.85. The van der Waals surface area contributed by atoms with Crippen molar-refractivity contribution in [3.05, 3.63) is 29.3 Å². The molecule has 21 heavy (non-hydrogen) atoms. The molecule has 112 valence electrons. The van der Waals surface area contributed by atoms with Crippen LogP contribution in [0.2, 0.25) is 0 Å². The molecular weight excluding hydrogens is 288 g/mol. The topological polar surface area (TPSA) is 71.3 Å². The van der Waals surface area contributed by atoms with Crippen molar-refractivity contribution in [2.45, 2.75) is 32.7 Å². The van der Waals surface area contributed by atoms with E-state index in [0.717, 1.165) is 37.5 Å². The highest BCUT2D eigenvalue weighted by Crippen LogP contribution is 2.19. The molecule has 2 aromatic heterocycles. The van der Waals surface area contributed by atoms with Gasteiger partial charge in [0.05, 0.1) is 23.5 Å². The molecule has 1 aliphatic rings. The summed E-state index contributed by atoms with van der Waals surface area (Å²) < 4.78 is 13.7. The highest BCUT2D eigenvalue weighted by atomic mass is 32.1. The number of aromatic nitrogens is 2. The molecule has 6 nitrogen and oxygen atoms in total. The highest BCUT2D eigenvalue weighted by Gasteiger charge is 2.23. The zero-order chi connectivity index (χ0) is 14.8. The van der Waals surface area contributed by atoms with Crippen molar-refractivity contribution in [3.63, 3.8) is 0 Å². The molecule has 1 N–H and O–H groups in total. The zero-order valence-electron chi connectivity index (χ0n) is 12.1. The first-order valence-corrected chi connectivity index (χ1v) is 7.77. The molecule has 0 spiro atoms. The average molecular weight is 306 g/mol. The third-order valence-corrected chi connectivity index (χ3v) is 4.26. The van der Waals surface area contributed by atoms with E-state index in [1.165, 1.54) is 11.7 Å². The van der Waals surface area contributed by atoms with Crippen molar-refractivity contribution < 1.29 is 9.21 Å². The van der Waals surface area contributed by atoms with Crippen molar-refractivity contribution in [2.24, 2.45) is 0 Å². The summed E-state index contributed by atoms with van der Waals surface area (Å²) >= 11 is 1.22. The molecule has 1 aliphatic heterocycles. The monoisotopic (exact) mass is 306 g/mol. The molecule has 2 aromatic rings. The van der Waals surface area contributed by atoms with Crippen LogP contribution in [-0.4, -0.2) is 33.8 Å². The van der Waals surface area contributed by atoms with Crippen LogP contribution in [0.4, 0.5) is 5.82 Å². The summed E-state index contributed by atoms with van der Waals surface area (Å²) in [7, 11) is 0. The molecular formula is C14H18N4O2S. The number of nitrogens with zero attached hydrogens (tertiary/aromatic N) is 3. The van der Waals surface area contributed by atoms with Gasteiger partial charge in [-0.3, -0.25) is 4.79 Å². The van der Waals surface area contributed by atoms with Crippen LogP contribution in [0.5, 0.6) is 0 Å². The molecule has 3 heterocycles. The highest BCUT2D eigenvalue weighted by molar-refractivity contribution is 6.99. The number of anilines is 1. The fourth-order valence-electron chi connectivity index (χ4n) is 2.67. The summed E-state index contributed by atoms with van der Waals surface area (Å²) in [5.41, 5.74) is 0.638. The second-order valence-corrected chi connectivity index (χ2v) is 5.88. The van der Waals surface area contributed by atoms with Gasteiger partial charge in [-0.25, -0.2) is 0 Å². The molecule has 0 aliphatic carbocycles. The summed E-state index contributed by atoms with van der Waals surface area (Å²) in [5.74, 6) is 2.34. The quantitative estimate of drug-likeness (QED) is 0.940. The first-order chi connectivity index (χ1) is 10.1. The van der Waals surface area contributed by atoms with E-state index in [9.17, 15) is 4.79 Å². The van der Waals surface area contributed by atoms with Crippen LogP contribution in [0, 0.1) is 13.8 Å². The number of piperidine rings is 1. The van der Waals surface area contributed by atoms with E-state index in [0.29, 0.717) is 11.3 Å². The Morgan fingerprint density at radius 1 is 1.43 bits per heavy atom. The SMILES string of the molecule is Cc1cc(C(=O)NC2CCN(c3cnsn3)CC2)c(C)o1. The number of carbonyl (C=O) groups is 1. The predicted octanol–water partition coefficient (Wildman–Crippen LogP) is 2.15. The molecule has 1 saturated heterocycles. The van der Waals surface area contributed by atoms with Crippen molar-refractivity contribution in [3.8, 4) is 0 Å². The van der Waals surface area contributed by atoms with Crippen LogP contribution >= 0.6 is 11.7 Å². The molecule has 3 rings (SSSR count). The molecule has 0 atom stereocenters. The maximum absolute atomic E-state index is 12.3. The Bertz CT molecular complexity index is 615. The molecule has 0 bridgehead atoms. The molecule has 0 radical (unpaired) electrons. The van der Waals surface area contributed by atoms with Crippen LogP contribution in [0.25, 0.3) is 0 Å². The van der Waals surface area contributed by atoms with Gasteiger partial charge in [-0.2, -0.15) is 8.75 Å². The maximum Gasteiger partial charge on any atom is 0.255 e. The first kappa shape index (κ1) is 14.1. The Morgan fingerprint density at radius 2 is 2.19 bits per heavy atom. The van der Waals surface area contributed by atoms with Crippen molar-refractivity contribution in [2.75, 3.05) is 18.0 Å². The van der Waals surface area contributed by atoms with E-state index in [1.54, 1.807) is 12.3 Å². The molecule has 7 heteroatoms. The summed E-state index contributed by atoms with van der Waals surface area (Å²) in [6.45, 7) is 5.45. The molecule has 1 amide bonds. The van der Waals surface area contributed by atoms with Gasteiger partial charge in [0, 0.05) is 19.1 Å². The van der Waals surface area contributed by atoms with E-state index in [4.69, 9.17) is 4.42 Å². The van der Waals surface area contributed by atoms with Gasteiger partial charge in [-0.1, -0.05) is 0 Å². The molecule has 0 saturated carbocycles. The van der Waals surface area contributed by atoms with Crippen molar-refractivity contribution in [1.29, 1.82) is 0 Å². The maximum atomic E-state index is 12.3. The third kappa shape index (κ3) is 3.07. The van der Waals surface area contributed by atoms with Crippen LogP contribution < -0.4 is 10.2 Å². The number of carbonyl (C=O) groups excluding carboxylic acids is 1. The van der Waals surface area contributed by atoms with Gasteiger partial charge in [-0.15, -0.1) is 0 Å². The Balaban J connectivity index is 1.56. The number of furan rings is 1. The Labute approximate surface area is 127 Å². The van der Waals surface area contributed by atoms with Gasteiger partial charge >= 0.3 is 0 Å². The van der Waals surface area contributed by atoms with E-state index in [-0.39, 0.29) is 11.9 Å². The van der Waals surface area contributed by atoms with Crippen LogP contribution in [0.1, 0.15) is 34.7 Å². The Morgan fingerprint density at radius 3 is 2.76 bits per heavy atom. The average Bonchev–Trinajstić information content (AvgIpc) is 3.09. The van der Waals surface area contributed by atoms with Gasteiger partial charge in [-0.05, 0) is 32.8 Å². The first-order valence-electron chi connectivity index (χ1n) is 7.04. The van der Waals surface area contributed by atoms with Gasteiger partial charge in [0.15, 0.2) is 5.82 Å². The summed E-state index contributed by atoms with van der Waals surface area (Å²) in [4.78, 5) is 14.5. The fraction of sp³-hybridized carbons (Fsp3) is 0.500. The van der Waals surface area contributed by atoms with Crippen molar-refractivity contribution in [1.82, 2.24) is 14.1 Å². The predicted molar refractivity (Wildman–Crippen MR) is 80.8 cm³/mol. The molecule has 1 fully saturated rings. The van der Waals surface area contributed by atoms with Crippen LogP contribution in [0.3, 0.4) is 0 Å². The summed E-state index contributed by atoms with van der Waals surface area (Å²) in [6.07, 6.45) is 3.62. The minimum atomic E-state index is -0.0434. The van der Waals surface area contributed by atoms with E-state index < -0.39 is 0 Å². The Hall–Kier alpha value is -1.89. The molecule has 0 aromatic carbocycles. The lowest BCUT2D eigenvalue weighted by molar-refractivity contribution is 0.0929. The minimum absolute atomic E-state index is 0.0434. The van der Waals surface area contributed by atoms with Gasteiger partial charge in [0.25, 0.3) is 5.91 Å². The summed E-state index contributed by atoms with van der Waals surface area (Å²) in [5, 5.41) is 3.10. The van der Waals surface area contributed by atoms with Gasteiger partial charge in [0.1, 0.15) is 11.5 Å². The largest absolute Gasteiger partial charge is 0.466 e. The van der Waals surface area contributed by atoms with E-state index in [2.05, 4.69) is 19.0 Å². The number of amides is 1. The normalized spacial score (nSPS) is 16.2. The van der Waals surface area contributed by atoms with Gasteiger partial charge in [0.2, 0.25) is 0 Å². The van der Waals surface area contributed by atoms with Crippen LogP contribution in [-0.2, 0) is 0 Å². The van der Waals surface area contributed by atoms with E-state index >= 15 is 0 Å². The lowest BCUT2D eigenvalue weighted by Gasteiger charge is -2.32. The lowest BCUT2D eigenvalue weighted by atomic mass is 10.0. The summed E-state index contributed by atoms with van der Waals surface area (Å²) in [6, 6.07) is 2.00. The Kier molecular flexibility index (Phi) is 3.92. The number of hydrogen-bond acceptors (Lipinski definition) is 6. The third-order valence-electron chi connectivity index (χ3n) is 3.79. The lowest BCUT2D eigenvalue weighted by Crippen LogP contribution is -2.44. The fourth-order valence-corrected chi connectivity index (χ4v) is 3.11. The smallest absolute Gasteiger partial charge is 0.255 e. The number of hydrogen-bond donors (Lipinski definition) is 1. The number of nitrogens with one attached hydrogen (secondary N) is 1. The number of aryl methyl sites for hydroxylation is 2. The minimum Gasteiger partial charge on any atom is -0.466 e. The van der Waals surface area contributed by atoms with Crippen LogP contribution in [0.15, 0.2) is 16.7 Å². The second-order valence-electron chi connectivity index (χ2n) is 5.33.